The lowest BCUT2D eigenvalue weighted by Gasteiger charge is -2.13. The Labute approximate surface area is 117 Å². The Balaban J connectivity index is 2.10. The molecule has 2 heterocycles. The highest BCUT2D eigenvalue weighted by Crippen LogP contribution is 2.16. The van der Waals surface area contributed by atoms with Crippen molar-refractivity contribution in [2.75, 3.05) is 5.32 Å². The first kappa shape index (κ1) is 14.2. The molecule has 0 aliphatic heterocycles. The Morgan fingerprint density at radius 3 is 2.95 bits per heavy atom. The molecule has 1 N–H and O–H groups in total. The monoisotopic (exact) mass is 277 g/mol. The number of nitrogens with one attached hydrogen (secondary N) is 1. The molecule has 2 rings (SSSR count). The second-order valence-corrected chi connectivity index (χ2v) is 4.90. The topological polar surface area (TPSA) is 85.4 Å². The van der Waals surface area contributed by atoms with Gasteiger partial charge in [0.1, 0.15) is 6.20 Å². The molecule has 0 aliphatic rings. The van der Waals surface area contributed by atoms with Crippen molar-refractivity contribution < 1.29 is 4.92 Å². The minimum atomic E-state index is -0.485. The van der Waals surface area contributed by atoms with E-state index in [0.717, 1.165) is 12.8 Å². The summed E-state index contributed by atoms with van der Waals surface area (Å²) in [5.74, 6) is 0.505. The van der Waals surface area contributed by atoms with Crippen LogP contribution in [0.2, 0.25) is 0 Å². The summed E-state index contributed by atoms with van der Waals surface area (Å²) in [6, 6.07) is 3.80. The molecule has 0 saturated heterocycles. The molecule has 0 bridgehead atoms. The van der Waals surface area contributed by atoms with Crippen LogP contribution < -0.4 is 5.32 Å². The van der Waals surface area contributed by atoms with Crippen LogP contribution in [0.4, 0.5) is 11.6 Å². The van der Waals surface area contributed by atoms with Gasteiger partial charge in [0.2, 0.25) is 5.65 Å². The molecule has 0 radical (unpaired) electrons. The van der Waals surface area contributed by atoms with Gasteiger partial charge >= 0.3 is 5.82 Å². The molecule has 2 aromatic heterocycles. The highest BCUT2D eigenvalue weighted by Gasteiger charge is 2.16. The van der Waals surface area contributed by atoms with Crippen molar-refractivity contribution >= 4 is 17.3 Å². The zero-order chi connectivity index (χ0) is 14.5. The van der Waals surface area contributed by atoms with E-state index in [9.17, 15) is 10.1 Å². The second kappa shape index (κ2) is 6.31. The second-order valence-electron chi connectivity index (χ2n) is 4.90. The quantitative estimate of drug-likeness (QED) is 0.477. The number of fused-ring (bicyclic) bond motifs is 1. The zero-order valence-electron chi connectivity index (χ0n) is 11.7. The van der Waals surface area contributed by atoms with Crippen LogP contribution in [-0.4, -0.2) is 25.6 Å². The highest BCUT2D eigenvalue weighted by atomic mass is 16.6. The van der Waals surface area contributed by atoms with E-state index in [1.807, 2.05) is 0 Å². The zero-order valence-corrected chi connectivity index (χ0v) is 11.7. The van der Waals surface area contributed by atoms with Gasteiger partial charge in [0.25, 0.3) is 0 Å². The van der Waals surface area contributed by atoms with Gasteiger partial charge in [0.05, 0.1) is 0 Å². The van der Waals surface area contributed by atoms with Gasteiger partial charge in [-0.05, 0) is 24.3 Å². The molecule has 1 unspecified atom stereocenters. The van der Waals surface area contributed by atoms with Gasteiger partial charge < -0.3 is 15.4 Å². The summed E-state index contributed by atoms with van der Waals surface area (Å²) in [5.41, 5.74) is 0.473. The minimum Gasteiger partial charge on any atom is -0.365 e. The normalized spacial score (nSPS) is 12.5. The maximum absolute atomic E-state index is 10.9. The molecule has 7 heteroatoms. The number of anilines is 1. The largest absolute Gasteiger partial charge is 0.368 e. The van der Waals surface area contributed by atoms with Gasteiger partial charge in [-0.2, -0.15) is 0 Å². The average Bonchev–Trinajstić information content (AvgIpc) is 2.82. The van der Waals surface area contributed by atoms with E-state index in [1.165, 1.54) is 23.6 Å². The third-order valence-corrected chi connectivity index (χ3v) is 3.17. The summed E-state index contributed by atoms with van der Waals surface area (Å²) in [4.78, 5) is 14.3. The predicted molar refractivity (Wildman–Crippen MR) is 76.9 cm³/mol. The lowest BCUT2D eigenvalue weighted by Crippen LogP contribution is -2.16. The van der Waals surface area contributed by atoms with Crippen molar-refractivity contribution in [2.45, 2.75) is 45.6 Å². The number of imidazole rings is 1. The Morgan fingerprint density at radius 2 is 2.25 bits per heavy atom. The highest BCUT2D eigenvalue weighted by molar-refractivity contribution is 5.48. The number of hydrogen-bond acceptors (Lipinski definition) is 5. The number of nitrogens with zero attached hydrogens (tertiary/aromatic N) is 4. The van der Waals surface area contributed by atoms with E-state index < -0.39 is 4.92 Å². The number of hydrogen-bond donors (Lipinski definition) is 1. The molecule has 2 aromatic rings. The Morgan fingerprint density at radius 1 is 1.45 bits per heavy atom. The number of unbranched alkanes of at least 4 members (excludes halogenated alkanes) is 2. The summed E-state index contributed by atoms with van der Waals surface area (Å²) < 4.78 is 1.25. The molecule has 108 valence electrons. The van der Waals surface area contributed by atoms with E-state index >= 15 is 0 Å². The number of rotatable bonds is 7. The number of aromatic nitrogens is 3. The third kappa shape index (κ3) is 3.23. The van der Waals surface area contributed by atoms with Gasteiger partial charge in [0, 0.05) is 12.1 Å². The molecule has 20 heavy (non-hydrogen) atoms. The molecule has 0 amide bonds. The molecule has 0 saturated carbocycles. The molecular formula is C13H19N5O2. The van der Waals surface area contributed by atoms with Gasteiger partial charge in [0.15, 0.2) is 5.82 Å². The van der Waals surface area contributed by atoms with Crippen molar-refractivity contribution in [1.29, 1.82) is 0 Å². The SMILES string of the molecule is CCCCCC(C)Nc1ccc2ncc([N+](=O)[O-])n2n1. The van der Waals surface area contributed by atoms with Crippen molar-refractivity contribution in [3.05, 3.63) is 28.4 Å². The van der Waals surface area contributed by atoms with E-state index in [2.05, 4.69) is 29.2 Å². The van der Waals surface area contributed by atoms with Crippen LogP contribution in [0.25, 0.3) is 5.65 Å². The van der Waals surface area contributed by atoms with Crippen molar-refractivity contribution in [1.82, 2.24) is 14.6 Å². The predicted octanol–water partition coefficient (Wildman–Crippen LogP) is 3.02. The first-order valence-electron chi connectivity index (χ1n) is 6.87. The van der Waals surface area contributed by atoms with Crippen molar-refractivity contribution in [3.8, 4) is 0 Å². The van der Waals surface area contributed by atoms with Gasteiger partial charge in [-0.1, -0.05) is 35.8 Å². The average molecular weight is 277 g/mol. The van der Waals surface area contributed by atoms with Crippen molar-refractivity contribution in [2.24, 2.45) is 0 Å². The van der Waals surface area contributed by atoms with E-state index in [-0.39, 0.29) is 11.9 Å². The van der Waals surface area contributed by atoms with Crippen LogP contribution in [0.3, 0.4) is 0 Å². The Bertz CT molecular complexity index is 595. The van der Waals surface area contributed by atoms with Crippen LogP contribution in [0.1, 0.15) is 39.5 Å². The fourth-order valence-corrected chi connectivity index (χ4v) is 2.09. The molecule has 0 aromatic carbocycles. The summed E-state index contributed by atoms with van der Waals surface area (Å²) in [5, 5.41) is 18.4. The van der Waals surface area contributed by atoms with Crippen LogP contribution >= 0.6 is 0 Å². The fourth-order valence-electron chi connectivity index (χ4n) is 2.09. The Hall–Kier alpha value is -2.18. The first-order chi connectivity index (χ1) is 9.61. The lowest BCUT2D eigenvalue weighted by atomic mass is 10.1. The first-order valence-corrected chi connectivity index (χ1v) is 6.87. The minimum absolute atomic E-state index is 0.123. The van der Waals surface area contributed by atoms with Crippen LogP contribution in [0.5, 0.6) is 0 Å². The van der Waals surface area contributed by atoms with Crippen molar-refractivity contribution in [3.63, 3.8) is 0 Å². The van der Waals surface area contributed by atoms with Crippen LogP contribution in [0.15, 0.2) is 18.3 Å². The third-order valence-electron chi connectivity index (χ3n) is 3.17. The van der Waals surface area contributed by atoms with Gasteiger partial charge in [-0.25, -0.2) is 4.98 Å². The van der Waals surface area contributed by atoms with E-state index in [4.69, 9.17) is 0 Å². The molecule has 0 spiro atoms. The molecule has 0 fully saturated rings. The molecular weight excluding hydrogens is 258 g/mol. The van der Waals surface area contributed by atoms with Crippen LogP contribution in [0, 0.1) is 10.1 Å². The standard InChI is InChI=1S/C13H19N5O2/c1-3-4-5-6-10(2)15-11-7-8-12-14-9-13(18(19)20)17(12)16-11/h7-10H,3-6H2,1-2H3,(H,15,16). The smallest absolute Gasteiger partial charge is 0.365 e. The summed E-state index contributed by atoms with van der Waals surface area (Å²) in [6.07, 6.45) is 5.85. The molecule has 7 nitrogen and oxygen atoms in total. The van der Waals surface area contributed by atoms with E-state index in [1.54, 1.807) is 12.1 Å². The maximum Gasteiger partial charge on any atom is 0.368 e. The Kier molecular flexibility index (Phi) is 4.49. The van der Waals surface area contributed by atoms with Crippen LogP contribution in [-0.2, 0) is 0 Å². The van der Waals surface area contributed by atoms with Gasteiger partial charge in [-0.15, -0.1) is 0 Å². The summed E-state index contributed by atoms with van der Waals surface area (Å²) >= 11 is 0. The summed E-state index contributed by atoms with van der Waals surface area (Å²) in [6.45, 7) is 4.26. The number of nitro groups is 1. The molecule has 1 atom stereocenters. The summed E-state index contributed by atoms with van der Waals surface area (Å²) in [7, 11) is 0. The fraction of sp³-hybridized carbons (Fsp3) is 0.538. The van der Waals surface area contributed by atoms with E-state index in [0.29, 0.717) is 11.5 Å². The maximum atomic E-state index is 10.9. The van der Waals surface area contributed by atoms with Gasteiger partial charge in [-0.3, -0.25) is 0 Å². The lowest BCUT2D eigenvalue weighted by molar-refractivity contribution is -0.391. The molecule has 0 aliphatic carbocycles.